The van der Waals surface area contributed by atoms with Crippen molar-refractivity contribution in [3.63, 3.8) is 0 Å². The van der Waals surface area contributed by atoms with Gasteiger partial charge in [0.1, 0.15) is 16.9 Å². The number of halogens is 1. The van der Waals surface area contributed by atoms with Crippen molar-refractivity contribution in [2.45, 2.75) is 51.4 Å². The zero-order chi connectivity index (χ0) is 29.2. The summed E-state index contributed by atoms with van der Waals surface area (Å²) in [6, 6.07) is 11.6. The van der Waals surface area contributed by atoms with Crippen molar-refractivity contribution < 1.29 is 23.5 Å². The highest BCUT2D eigenvalue weighted by molar-refractivity contribution is 5.90. The van der Waals surface area contributed by atoms with Gasteiger partial charge in [0.15, 0.2) is 0 Å². The van der Waals surface area contributed by atoms with Crippen molar-refractivity contribution >= 4 is 28.8 Å². The fourth-order valence-electron chi connectivity index (χ4n) is 5.66. The number of anilines is 1. The molecule has 0 aliphatic carbocycles. The van der Waals surface area contributed by atoms with E-state index in [1.807, 2.05) is 45.3 Å². The predicted octanol–water partition coefficient (Wildman–Crippen LogP) is 4.73. The normalized spacial score (nSPS) is 18.0. The van der Waals surface area contributed by atoms with Crippen LogP contribution >= 0.6 is 0 Å². The summed E-state index contributed by atoms with van der Waals surface area (Å²) in [4.78, 5) is 34.9. The number of methoxy groups -OCH3 is 1. The average molecular weight is 566 g/mol. The Hall–Kier alpha value is -3.66. The van der Waals surface area contributed by atoms with Crippen molar-refractivity contribution in [3.05, 3.63) is 59.9 Å². The first-order chi connectivity index (χ1) is 19.5. The standard InChI is InChI=1S/C31H40FN5O4/c1-30(2,3)41-29(39)36-15-11-31(32,12-16-36)22-34-17-19-35(20-18-34)26-9-13-33-27-25(26)10-14-37(27)21-23-5-7-24(8-6-23)28(38)40-4/h5-10,13-14H,11-12,15-22H2,1-4H3. The first-order valence-electron chi connectivity index (χ1n) is 14.3. The van der Waals surface area contributed by atoms with Gasteiger partial charge in [-0.1, -0.05) is 12.1 Å². The van der Waals surface area contributed by atoms with E-state index in [2.05, 4.69) is 31.5 Å². The lowest BCUT2D eigenvalue weighted by molar-refractivity contribution is -0.00638. The first kappa shape index (κ1) is 28.9. The van der Waals surface area contributed by atoms with Gasteiger partial charge >= 0.3 is 12.1 Å². The summed E-state index contributed by atoms with van der Waals surface area (Å²) in [6.07, 6.45) is 4.19. The average Bonchev–Trinajstić information content (AvgIpc) is 3.35. The van der Waals surface area contributed by atoms with E-state index >= 15 is 4.39 Å². The van der Waals surface area contributed by atoms with Gasteiger partial charge in [-0.15, -0.1) is 0 Å². The predicted molar refractivity (Wildman–Crippen MR) is 156 cm³/mol. The topological polar surface area (TPSA) is 80.1 Å². The molecule has 220 valence electrons. The van der Waals surface area contributed by atoms with Gasteiger partial charge < -0.3 is 23.8 Å². The van der Waals surface area contributed by atoms with Crippen LogP contribution in [-0.4, -0.2) is 95.6 Å². The second kappa shape index (κ2) is 11.7. The number of piperazine rings is 1. The van der Waals surface area contributed by atoms with E-state index in [0.717, 1.165) is 48.5 Å². The third kappa shape index (κ3) is 6.81. The smallest absolute Gasteiger partial charge is 0.410 e. The third-order valence-electron chi connectivity index (χ3n) is 7.90. The second-order valence-electron chi connectivity index (χ2n) is 12.1. The van der Waals surface area contributed by atoms with Gasteiger partial charge in [-0.3, -0.25) is 4.90 Å². The Morgan fingerprint density at radius 1 is 0.976 bits per heavy atom. The molecule has 0 bridgehead atoms. The van der Waals surface area contributed by atoms with Crippen LogP contribution in [0.3, 0.4) is 0 Å². The Balaban J connectivity index is 1.17. The maximum atomic E-state index is 15.8. The largest absolute Gasteiger partial charge is 0.465 e. The minimum Gasteiger partial charge on any atom is -0.465 e. The Bertz CT molecular complexity index is 1370. The number of ether oxygens (including phenoxy) is 2. The molecule has 2 aliphatic heterocycles. The molecule has 0 spiro atoms. The van der Waals surface area contributed by atoms with Crippen LogP contribution < -0.4 is 4.90 Å². The molecule has 3 aromatic rings. The molecule has 1 aromatic carbocycles. The van der Waals surface area contributed by atoms with E-state index in [9.17, 15) is 9.59 Å². The summed E-state index contributed by atoms with van der Waals surface area (Å²) in [5.41, 5.74) is 1.78. The molecule has 0 N–H and O–H groups in total. The number of amides is 1. The van der Waals surface area contributed by atoms with Crippen LogP contribution in [0.25, 0.3) is 11.0 Å². The van der Waals surface area contributed by atoms with Crippen molar-refractivity contribution in [2.75, 3.05) is 57.8 Å². The van der Waals surface area contributed by atoms with Crippen LogP contribution in [0.4, 0.5) is 14.9 Å². The quantitative estimate of drug-likeness (QED) is 0.400. The summed E-state index contributed by atoms with van der Waals surface area (Å²) in [5.74, 6) is -0.348. The molecule has 41 heavy (non-hydrogen) atoms. The number of carbonyl (C=O) groups is 2. The van der Waals surface area contributed by atoms with Gasteiger partial charge in [-0.2, -0.15) is 0 Å². The molecule has 1 amide bonds. The van der Waals surface area contributed by atoms with Gasteiger partial charge in [0, 0.05) is 88.7 Å². The molecule has 2 aliphatic rings. The van der Waals surface area contributed by atoms with Crippen molar-refractivity contribution in [1.29, 1.82) is 0 Å². The SMILES string of the molecule is COC(=O)c1ccc(Cn2ccc3c(N4CCN(CC5(F)CCN(C(=O)OC(C)(C)C)CC5)CC4)ccnc32)cc1. The van der Waals surface area contributed by atoms with Crippen molar-refractivity contribution in [1.82, 2.24) is 19.4 Å². The third-order valence-corrected chi connectivity index (χ3v) is 7.90. The first-order valence-corrected chi connectivity index (χ1v) is 14.3. The molecular weight excluding hydrogens is 525 g/mol. The number of nitrogens with zero attached hydrogens (tertiary/aromatic N) is 5. The molecule has 5 rings (SSSR count). The maximum absolute atomic E-state index is 15.8. The number of carbonyl (C=O) groups excluding carboxylic acids is 2. The molecule has 4 heterocycles. The lowest BCUT2D eigenvalue weighted by Gasteiger charge is -2.42. The van der Waals surface area contributed by atoms with Crippen LogP contribution in [0.5, 0.6) is 0 Å². The van der Waals surface area contributed by atoms with Gasteiger partial charge in [-0.05, 0) is 50.6 Å². The summed E-state index contributed by atoms with van der Waals surface area (Å²) in [5, 5.41) is 1.09. The fraction of sp³-hybridized carbons (Fsp3) is 0.516. The Morgan fingerprint density at radius 2 is 1.66 bits per heavy atom. The Labute approximate surface area is 240 Å². The number of piperidine rings is 1. The zero-order valence-electron chi connectivity index (χ0n) is 24.4. The number of esters is 1. The van der Waals surface area contributed by atoms with Crippen LogP contribution in [0.2, 0.25) is 0 Å². The summed E-state index contributed by atoms with van der Waals surface area (Å²) < 4.78 is 28.1. The van der Waals surface area contributed by atoms with Crippen LogP contribution in [0.15, 0.2) is 48.8 Å². The minimum absolute atomic E-state index is 0.330. The molecule has 0 radical (unpaired) electrons. The number of hydrogen-bond donors (Lipinski definition) is 0. The molecule has 2 saturated heterocycles. The van der Waals surface area contributed by atoms with Gasteiger partial charge in [0.05, 0.1) is 12.7 Å². The molecule has 9 nitrogen and oxygen atoms in total. The molecular formula is C31H40FN5O4. The molecule has 0 atom stereocenters. The van der Waals surface area contributed by atoms with Gasteiger partial charge in [-0.25, -0.2) is 19.0 Å². The highest BCUT2D eigenvalue weighted by Crippen LogP contribution is 2.31. The van der Waals surface area contributed by atoms with E-state index in [1.165, 1.54) is 7.11 Å². The number of rotatable bonds is 6. The second-order valence-corrected chi connectivity index (χ2v) is 12.1. The van der Waals surface area contributed by atoms with Crippen molar-refractivity contribution in [2.24, 2.45) is 0 Å². The number of pyridine rings is 1. The van der Waals surface area contributed by atoms with Gasteiger partial charge in [0.2, 0.25) is 0 Å². The fourth-order valence-corrected chi connectivity index (χ4v) is 5.66. The molecule has 10 heteroatoms. The molecule has 2 fully saturated rings. The number of fused-ring (bicyclic) bond motifs is 1. The Kier molecular flexibility index (Phi) is 8.22. The minimum atomic E-state index is -1.29. The van der Waals surface area contributed by atoms with E-state index in [0.29, 0.717) is 44.6 Å². The zero-order valence-corrected chi connectivity index (χ0v) is 24.4. The van der Waals surface area contributed by atoms with E-state index in [1.54, 1.807) is 17.0 Å². The Morgan fingerprint density at radius 3 is 2.29 bits per heavy atom. The van der Waals surface area contributed by atoms with E-state index < -0.39 is 11.3 Å². The highest BCUT2D eigenvalue weighted by atomic mass is 19.1. The molecule has 0 saturated carbocycles. The summed E-state index contributed by atoms with van der Waals surface area (Å²) >= 11 is 0. The van der Waals surface area contributed by atoms with Gasteiger partial charge in [0.25, 0.3) is 0 Å². The maximum Gasteiger partial charge on any atom is 0.410 e. The molecule has 2 aromatic heterocycles. The van der Waals surface area contributed by atoms with Crippen LogP contribution in [0, 0.1) is 0 Å². The van der Waals surface area contributed by atoms with E-state index in [-0.39, 0.29) is 12.1 Å². The van der Waals surface area contributed by atoms with Crippen LogP contribution in [0.1, 0.15) is 49.5 Å². The lowest BCUT2D eigenvalue weighted by atomic mass is 9.92. The monoisotopic (exact) mass is 565 g/mol. The lowest BCUT2D eigenvalue weighted by Crippen LogP contribution is -2.54. The van der Waals surface area contributed by atoms with E-state index in [4.69, 9.17) is 9.47 Å². The molecule has 0 unspecified atom stereocenters. The number of aromatic nitrogens is 2. The number of likely N-dealkylation sites (tertiary alicyclic amines) is 1. The number of hydrogen-bond acceptors (Lipinski definition) is 7. The number of alkyl halides is 1. The van der Waals surface area contributed by atoms with Crippen LogP contribution in [-0.2, 0) is 16.0 Å². The number of benzene rings is 1. The highest BCUT2D eigenvalue weighted by Gasteiger charge is 2.39. The summed E-state index contributed by atoms with van der Waals surface area (Å²) in [6.45, 7) is 10.5. The van der Waals surface area contributed by atoms with Crippen molar-refractivity contribution in [3.8, 4) is 0 Å². The summed E-state index contributed by atoms with van der Waals surface area (Å²) in [7, 11) is 1.38.